The minimum absolute atomic E-state index is 0.178. The summed E-state index contributed by atoms with van der Waals surface area (Å²) in [6, 6.07) is 6.35. The first-order valence-corrected chi connectivity index (χ1v) is 7.23. The van der Waals surface area contributed by atoms with Gasteiger partial charge in [-0.25, -0.2) is 0 Å². The maximum Gasteiger partial charge on any atom is 0.251 e. The summed E-state index contributed by atoms with van der Waals surface area (Å²) >= 11 is 0. The van der Waals surface area contributed by atoms with Crippen molar-refractivity contribution in [3.8, 4) is 5.75 Å². The average molecular weight is 292 g/mol. The first kappa shape index (κ1) is 17.0. The number of carbonyl (C=O) groups is 2. The van der Waals surface area contributed by atoms with E-state index >= 15 is 0 Å². The Hall–Kier alpha value is -2.04. The van der Waals surface area contributed by atoms with Crippen molar-refractivity contribution in [3.05, 3.63) is 29.8 Å². The summed E-state index contributed by atoms with van der Waals surface area (Å²) in [6.07, 6.45) is 0.600. The van der Waals surface area contributed by atoms with Crippen LogP contribution in [0.5, 0.6) is 5.75 Å². The predicted octanol–water partition coefficient (Wildman–Crippen LogP) is 1.98. The van der Waals surface area contributed by atoms with Crippen LogP contribution in [0.2, 0.25) is 0 Å². The van der Waals surface area contributed by atoms with E-state index in [1.165, 1.54) is 0 Å². The number of likely N-dealkylation sites (N-methyl/N-ethyl adjacent to an activating group) is 1. The fourth-order valence-electron chi connectivity index (χ4n) is 1.99. The van der Waals surface area contributed by atoms with Gasteiger partial charge in [0.15, 0.2) is 0 Å². The zero-order chi connectivity index (χ0) is 15.8. The summed E-state index contributed by atoms with van der Waals surface area (Å²) in [6.45, 7) is 6.51. The zero-order valence-corrected chi connectivity index (χ0v) is 13.1. The predicted molar refractivity (Wildman–Crippen MR) is 82.4 cm³/mol. The van der Waals surface area contributed by atoms with E-state index in [4.69, 9.17) is 4.74 Å². The number of ether oxygens (including phenoxy) is 1. The number of nitrogens with one attached hydrogen (secondary N) is 2. The van der Waals surface area contributed by atoms with Gasteiger partial charge < -0.3 is 15.4 Å². The van der Waals surface area contributed by atoms with Crippen molar-refractivity contribution in [1.82, 2.24) is 10.6 Å². The lowest BCUT2D eigenvalue weighted by Gasteiger charge is -2.19. The molecule has 0 spiro atoms. The number of hydrogen-bond donors (Lipinski definition) is 2. The van der Waals surface area contributed by atoms with E-state index in [2.05, 4.69) is 10.6 Å². The van der Waals surface area contributed by atoms with Gasteiger partial charge in [0.1, 0.15) is 11.8 Å². The highest BCUT2D eigenvalue weighted by atomic mass is 16.5. The highest BCUT2D eigenvalue weighted by Crippen LogP contribution is 2.13. The van der Waals surface area contributed by atoms with Crippen LogP contribution in [0.25, 0.3) is 0 Å². The van der Waals surface area contributed by atoms with Gasteiger partial charge in [-0.3, -0.25) is 9.59 Å². The van der Waals surface area contributed by atoms with E-state index in [9.17, 15) is 9.59 Å². The Morgan fingerprint density at radius 2 is 1.81 bits per heavy atom. The van der Waals surface area contributed by atoms with Gasteiger partial charge in [-0.05, 0) is 43.5 Å². The van der Waals surface area contributed by atoms with Crippen molar-refractivity contribution in [2.75, 3.05) is 13.7 Å². The summed E-state index contributed by atoms with van der Waals surface area (Å²) in [7, 11) is 1.57. The average Bonchev–Trinajstić information content (AvgIpc) is 2.46. The lowest BCUT2D eigenvalue weighted by Crippen LogP contribution is -2.46. The summed E-state index contributed by atoms with van der Waals surface area (Å²) in [5.41, 5.74) is 0.510. The molecule has 2 N–H and O–H groups in total. The van der Waals surface area contributed by atoms with Crippen LogP contribution in [0, 0.1) is 5.92 Å². The maximum absolute atomic E-state index is 12.2. The van der Waals surface area contributed by atoms with Crippen molar-refractivity contribution >= 4 is 11.8 Å². The Balaban J connectivity index is 2.74. The third kappa shape index (κ3) is 5.45. The molecule has 1 aromatic carbocycles. The van der Waals surface area contributed by atoms with E-state index in [-0.39, 0.29) is 11.8 Å². The molecule has 0 aliphatic heterocycles. The molecule has 0 fully saturated rings. The van der Waals surface area contributed by atoms with Gasteiger partial charge in [0, 0.05) is 12.6 Å². The standard InChI is InChI=1S/C16H24N2O3/c1-5-21-13-8-6-12(7-9-13)15(19)18-14(10-11(2)3)16(20)17-4/h6-9,11,14H,5,10H2,1-4H3,(H,17,20)(H,18,19). The van der Waals surface area contributed by atoms with E-state index in [0.717, 1.165) is 5.75 Å². The molecule has 1 aromatic rings. The Kier molecular flexibility index (Phi) is 6.72. The molecule has 2 amide bonds. The Morgan fingerprint density at radius 3 is 2.29 bits per heavy atom. The molecule has 0 aromatic heterocycles. The molecular weight excluding hydrogens is 268 g/mol. The second-order valence-corrected chi connectivity index (χ2v) is 5.23. The van der Waals surface area contributed by atoms with Crippen LogP contribution in [0.1, 0.15) is 37.6 Å². The van der Waals surface area contributed by atoms with Crippen molar-refractivity contribution in [1.29, 1.82) is 0 Å². The van der Waals surface area contributed by atoms with Crippen molar-refractivity contribution in [3.63, 3.8) is 0 Å². The normalized spacial score (nSPS) is 11.9. The molecule has 0 bridgehead atoms. The van der Waals surface area contributed by atoms with Gasteiger partial charge in [-0.15, -0.1) is 0 Å². The molecule has 0 saturated heterocycles. The summed E-state index contributed by atoms with van der Waals surface area (Å²) in [4.78, 5) is 24.0. The molecule has 0 aliphatic carbocycles. The van der Waals surface area contributed by atoms with Gasteiger partial charge >= 0.3 is 0 Å². The summed E-state index contributed by atoms with van der Waals surface area (Å²) < 4.78 is 5.33. The molecule has 1 unspecified atom stereocenters. The molecule has 21 heavy (non-hydrogen) atoms. The first-order valence-electron chi connectivity index (χ1n) is 7.23. The van der Waals surface area contributed by atoms with Crippen molar-refractivity contribution < 1.29 is 14.3 Å². The monoisotopic (exact) mass is 292 g/mol. The van der Waals surface area contributed by atoms with Crippen LogP contribution < -0.4 is 15.4 Å². The molecule has 5 nitrogen and oxygen atoms in total. The zero-order valence-electron chi connectivity index (χ0n) is 13.1. The summed E-state index contributed by atoms with van der Waals surface area (Å²) in [5.74, 6) is 0.599. The highest BCUT2D eigenvalue weighted by molar-refractivity contribution is 5.97. The van der Waals surface area contributed by atoms with Gasteiger partial charge in [0.2, 0.25) is 5.91 Å². The third-order valence-corrected chi connectivity index (χ3v) is 3.00. The van der Waals surface area contributed by atoms with Gasteiger partial charge in [0.05, 0.1) is 6.61 Å². The molecule has 0 radical (unpaired) electrons. The van der Waals surface area contributed by atoms with Gasteiger partial charge in [-0.2, -0.15) is 0 Å². The van der Waals surface area contributed by atoms with Crippen LogP contribution in [-0.4, -0.2) is 31.5 Å². The molecule has 0 heterocycles. The molecule has 1 rings (SSSR count). The number of carbonyl (C=O) groups excluding carboxylic acids is 2. The number of rotatable bonds is 7. The molecule has 5 heteroatoms. The topological polar surface area (TPSA) is 67.4 Å². The highest BCUT2D eigenvalue weighted by Gasteiger charge is 2.21. The van der Waals surface area contributed by atoms with Crippen LogP contribution >= 0.6 is 0 Å². The van der Waals surface area contributed by atoms with Crippen LogP contribution in [0.4, 0.5) is 0 Å². The molecule has 116 valence electrons. The largest absolute Gasteiger partial charge is 0.494 e. The number of benzene rings is 1. The lowest BCUT2D eigenvalue weighted by atomic mass is 10.0. The first-order chi connectivity index (χ1) is 9.97. The minimum atomic E-state index is -0.519. The van der Waals surface area contributed by atoms with E-state index in [0.29, 0.717) is 24.5 Å². The Labute approximate surface area is 126 Å². The van der Waals surface area contributed by atoms with Gasteiger partial charge in [-0.1, -0.05) is 13.8 Å². The van der Waals surface area contributed by atoms with Crippen molar-refractivity contribution in [2.45, 2.75) is 33.2 Å². The van der Waals surface area contributed by atoms with E-state index in [1.807, 2.05) is 20.8 Å². The van der Waals surface area contributed by atoms with E-state index < -0.39 is 6.04 Å². The second-order valence-electron chi connectivity index (χ2n) is 5.23. The lowest BCUT2D eigenvalue weighted by molar-refractivity contribution is -0.122. The molecule has 1 atom stereocenters. The van der Waals surface area contributed by atoms with Crippen LogP contribution in [0.15, 0.2) is 24.3 Å². The number of amides is 2. The molecule has 0 saturated carbocycles. The minimum Gasteiger partial charge on any atom is -0.494 e. The van der Waals surface area contributed by atoms with Gasteiger partial charge in [0.25, 0.3) is 5.91 Å². The smallest absolute Gasteiger partial charge is 0.251 e. The SMILES string of the molecule is CCOc1ccc(C(=O)NC(CC(C)C)C(=O)NC)cc1. The molecule has 0 aliphatic rings. The van der Waals surface area contributed by atoms with E-state index in [1.54, 1.807) is 31.3 Å². The fourth-order valence-corrected chi connectivity index (χ4v) is 1.99. The Bertz CT molecular complexity index is 469. The second kappa shape index (κ2) is 8.29. The quantitative estimate of drug-likeness (QED) is 0.807. The van der Waals surface area contributed by atoms with Crippen LogP contribution in [-0.2, 0) is 4.79 Å². The molecular formula is C16H24N2O3. The fraction of sp³-hybridized carbons (Fsp3) is 0.500. The van der Waals surface area contributed by atoms with Crippen LogP contribution in [0.3, 0.4) is 0 Å². The maximum atomic E-state index is 12.2. The third-order valence-electron chi connectivity index (χ3n) is 3.00. The Morgan fingerprint density at radius 1 is 1.19 bits per heavy atom. The summed E-state index contributed by atoms with van der Waals surface area (Å²) in [5, 5.41) is 5.35. The van der Waals surface area contributed by atoms with Crippen molar-refractivity contribution in [2.24, 2.45) is 5.92 Å². The number of hydrogen-bond acceptors (Lipinski definition) is 3.